The van der Waals surface area contributed by atoms with Crippen molar-refractivity contribution in [2.45, 2.75) is 31.7 Å². The summed E-state index contributed by atoms with van der Waals surface area (Å²) in [5, 5.41) is 3.16. The van der Waals surface area contributed by atoms with Crippen LogP contribution in [-0.2, 0) is 16.0 Å². The van der Waals surface area contributed by atoms with Crippen LogP contribution in [0.5, 0.6) is 0 Å². The van der Waals surface area contributed by atoms with Crippen molar-refractivity contribution in [3.8, 4) is 0 Å². The Bertz CT molecular complexity index is 680. The Kier molecular flexibility index (Phi) is 3.92. The van der Waals surface area contributed by atoms with Gasteiger partial charge in [-0.1, -0.05) is 18.2 Å². The highest BCUT2D eigenvalue weighted by molar-refractivity contribution is 7.17. The molecule has 2 aromatic rings. The summed E-state index contributed by atoms with van der Waals surface area (Å²) in [4.78, 5) is 25.7. The van der Waals surface area contributed by atoms with Gasteiger partial charge in [-0.05, 0) is 41.7 Å². The van der Waals surface area contributed by atoms with Crippen LogP contribution in [0.4, 0.5) is 0 Å². The molecule has 3 rings (SSSR count). The van der Waals surface area contributed by atoms with Crippen molar-refractivity contribution in [2.75, 3.05) is 6.54 Å². The van der Waals surface area contributed by atoms with Crippen molar-refractivity contribution >= 4 is 33.2 Å². The van der Waals surface area contributed by atoms with Gasteiger partial charge in [0.15, 0.2) is 0 Å². The highest BCUT2D eigenvalue weighted by Crippen LogP contribution is 2.27. The highest BCUT2D eigenvalue weighted by atomic mass is 32.1. The van der Waals surface area contributed by atoms with E-state index < -0.39 is 11.9 Å². The maximum atomic E-state index is 12.5. The summed E-state index contributed by atoms with van der Waals surface area (Å²) >= 11 is 1.65. The number of hydrogen-bond acceptors (Lipinski definition) is 3. The first-order valence-electron chi connectivity index (χ1n) is 7.20. The van der Waals surface area contributed by atoms with Crippen LogP contribution >= 0.6 is 11.3 Å². The van der Waals surface area contributed by atoms with Crippen molar-refractivity contribution in [3.05, 3.63) is 35.2 Å². The van der Waals surface area contributed by atoms with Crippen LogP contribution < -0.4 is 5.73 Å². The number of primary amides is 1. The smallest absolute Gasteiger partial charge is 0.240 e. The Labute approximate surface area is 127 Å². The molecule has 0 radical (unpaired) electrons. The quantitative estimate of drug-likeness (QED) is 0.945. The first kappa shape index (κ1) is 14.1. The molecule has 1 atom stereocenters. The molecule has 5 heteroatoms. The summed E-state index contributed by atoms with van der Waals surface area (Å²) in [5.41, 5.74) is 6.47. The maximum absolute atomic E-state index is 12.5. The van der Waals surface area contributed by atoms with E-state index in [1.54, 1.807) is 16.2 Å². The van der Waals surface area contributed by atoms with E-state index in [9.17, 15) is 9.59 Å². The van der Waals surface area contributed by atoms with E-state index in [1.807, 2.05) is 23.6 Å². The molecule has 1 aliphatic heterocycles. The Morgan fingerprint density at radius 2 is 2.10 bits per heavy atom. The van der Waals surface area contributed by atoms with Crippen molar-refractivity contribution in [2.24, 2.45) is 5.73 Å². The number of piperidine rings is 1. The third-order valence-electron chi connectivity index (χ3n) is 4.05. The molecule has 0 spiro atoms. The molecule has 1 aromatic heterocycles. The topological polar surface area (TPSA) is 63.4 Å². The van der Waals surface area contributed by atoms with E-state index in [2.05, 4.69) is 6.07 Å². The van der Waals surface area contributed by atoms with Gasteiger partial charge in [0.1, 0.15) is 6.04 Å². The summed E-state index contributed by atoms with van der Waals surface area (Å²) in [6.45, 7) is 0.633. The van der Waals surface area contributed by atoms with Gasteiger partial charge < -0.3 is 10.6 Å². The average Bonchev–Trinajstić information content (AvgIpc) is 2.90. The maximum Gasteiger partial charge on any atom is 0.240 e. The molecule has 0 aliphatic carbocycles. The number of benzene rings is 1. The molecule has 2 amide bonds. The third kappa shape index (κ3) is 2.78. The van der Waals surface area contributed by atoms with Crippen molar-refractivity contribution < 1.29 is 9.59 Å². The Balaban J connectivity index is 1.80. The number of nitrogens with two attached hydrogens (primary N) is 1. The lowest BCUT2D eigenvalue weighted by Gasteiger charge is -2.33. The monoisotopic (exact) mass is 302 g/mol. The van der Waals surface area contributed by atoms with Gasteiger partial charge >= 0.3 is 0 Å². The standard InChI is InChI=1S/C16H18N2O2S/c17-16(20)13-6-3-4-8-18(13)15(19)9-11-10-21-14-7-2-1-5-12(11)14/h1-2,5,7,10,13H,3-4,6,8-9H2,(H2,17,20). The number of nitrogens with zero attached hydrogens (tertiary/aromatic N) is 1. The number of thiophene rings is 1. The fourth-order valence-corrected chi connectivity index (χ4v) is 3.92. The van der Waals surface area contributed by atoms with Crippen LogP contribution in [0.1, 0.15) is 24.8 Å². The number of fused-ring (bicyclic) bond motifs is 1. The molecule has 2 N–H and O–H groups in total. The minimum absolute atomic E-state index is 0.00190. The fourth-order valence-electron chi connectivity index (χ4n) is 2.96. The van der Waals surface area contributed by atoms with Crippen molar-refractivity contribution in [3.63, 3.8) is 0 Å². The fraction of sp³-hybridized carbons (Fsp3) is 0.375. The number of amides is 2. The minimum Gasteiger partial charge on any atom is -0.368 e. The number of likely N-dealkylation sites (tertiary alicyclic amines) is 1. The molecule has 1 fully saturated rings. The number of carbonyl (C=O) groups excluding carboxylic acids is 2. The first-order chi connectivity index (χ1) is 10.2. The van der Waals surface area contributed by atoms with Gasteiger partial charge in [0.25, 0.3) is 0 Å². The second-order valence-electron chi connectivity index (χ2n) is 5.43. The molecule has 0 saturated carbocycles. The molecule has 1 aromatic carbocycles. The van der Waals surface area contributed by atoms with Crippen LogP contribution in [0.15, 0.2) is 29.6 Å². The molecule has 1 unspecified atom stereocenters. The normalized spacial score (nSPS) is 18.9. The molecule has 1 saturated heterocycles. The molecule has 110 valence electrons. The molecule has 2 heterocycles. The zero-order valence-electron chi connectivity index (χ0n) is 11.7. The van der Waals surface area contributed by atoms with Crippen LogP contribution in [0.3, 0.4) is 0 Å². The van der Waals surface area contributed by atoms with Gasteiger partial charge in [-0.3, -0.25) is 9.59 Å². The molecule has 21 heavy (non-hydrogen) atoms. The summed E-state index contributed by atoms with van der Waals surface area (Å²) < 4.78 is 1.19. The molecular weight excluding hydrogens is 284 g/mol. The third-order valence-corrected chi connectivity index (χ3v) is 5.07. The van der Waals surface area contributed by atoms with Gasteiger partial charge in [-0.25, -0.2) is 0 Å². The minimum atomic E-state index is -0.434. The molecule has 4 nitrogen and oxygen atoms in total. The zero-order valence-corrected chi connectivity index (χ0v) is 12.6. The first-order valence-corrected chi connectivity index (χ1v) is 8.08. The van der Waals surface area contributed by atoms with E-state index in [1.165, 1.54) is 4.70 Å². The number of hydrogen-bond donors (Lipinski definition) is 1. The van der Waals surface area contributed by atoms with E-state index >= 15 is 0 Å². The van der Waals surface area contributed by atoms with Crippen LogP contribution in [-0.4, -0.2) is 29.3 Å². The Morgan fingerprint density at radius 3 is 2.90 bits per heavy atom. The summed E-state index contributed by atoms with van der Waals surface area (Å²) in [5.74, 6) is -0.389. The number of carbonyl (C=O) groups is 2. The lowest BCUT2D eigenvalue weighted by atomic mass is 10.00. The Hall–Kier alpha value is -1.88. The summed E-state index contributed by atoms with van der Waals surface area (Å²) in [6.07, 6.45) is 2.93. The van der Waals surface area contributed by atoms with Crippen LogP contribution in [0, 0.1) is 0 Å². The number of rotatable bonds is 3. The SMILES string of the molecule is NC(=O)C1CCCCN1C(=O)Cc1csc2ccccc12. The van der Waals surface area contributed by atoms with Crippen LogP contribution in [0.2, 0.25) is 0 Å². The van der Waals surface area contributed by atoms with Gasteiger partial charge in [0.05, 0.1) is 6.42 Å². The largest absolute Gasteiger partial charge is 0.368 e. The van der Waals surface area contributed by atoms with Gasteiger partial charge in [-0.15, -0.1) is 11.3 Å². The van der Waals surface area contributed by atoms with E-state index in [0.29, 0.717) is 19.4 Å². The van der Waals surface area contributed by atoms with Gasteiger partial charge in [-0.2, -0.15) is 0 Å². The second kappa shape index (κ2) is 5.85. The van der Waals surface area contributed by atoms with Gasteiger partial charge in [0.2, 0.25) is 11.8 Å². The highest BCUT2D eigenvalue weighted by Gasteiger charge is 2.30. The summed E-state index contributed by atoms with van der Waals surface area (Å²) in [6, 6.07) is 7.64. The average molecular weight is 302 g/mol. The van der Waals surface area contributed by atoms with Crippen molar-refractivity contribution in [1.82, 2.24) is 4.90 Å². The summed E-state index contributed by atoms with van der Waals surface area (Å²) in [7, 11) is 0. The second-order valence-corrected chi connectivity index (χ2v) is 6.35. The molecular formula is C16H18N2O2S. The van der Waals surface area contributed by atoms with E-state index in [0.717, 1.165) is 23.8 Å². The Morgan fingerprint density at radius 1 is 1.29 bits per heavy atom. The zero-order chi connectivity index (χ0) is 14.8. The van der Waals surface area contributed by atoms with Crippen LogP contribution in [0.25, 0.3) is 10.1 Å². The van der Waals surface area contributed by atoms with Crippen molar-refractivity contribution in [1.29, 1.82) is 0 Å². The van der Waals surface area contributed by atoms with E-state index in [-0.39, 0.29) is 5.91 Å². The lowest BCUT2D eigenvalue weighted by Crippen LogP contribution is -2.50. The lowest BCUT2D eigenvalue weighted by molar-refractivity contribution is -0.140. The molecule has 1 aliphatic rings. The van der Waals surface area contributed by atoms with E-state index in [4.69, 9.17) is 5.73 Å². The predicted molar refractivity (Wildman–Crippen MR) is 84.1 cm³/mol. The molecule has 0 bridgehead atoms. The van der Waals surface area contributed by atoms with Gasteiger partial charge in [0, 0.05) is 11.2 Å². The predicted octanol–water partition coefficient (Wildman–Crippen LogP) is 2.31.